The van der Waals surface area contributed by atoms with E-state index in [2.05, 4.69) is 5.32 Å². The highest BCUT2D eigenvalue weighted by atomic mass is 32.1. The summed E-state index contributed by atoms with van der Waals surface area (Å²) in [6.45, 7) is 2.04. The quantitative estimate of drug-likeness (QED) is 0.789. The number of nitrogens with one attached hydrogen (secondary N) is 1. The zero-order chi connectivity index (χ0) is 15.1. The number of rotatable bonds is 3. The summed E-state index contributed by atoms with van der Waals surface area (Å²) in [5.41, 5.74) is 3.60. The molecule has 3 nitrogen and oxygen atoms in total. The van der Waals surface area contributed by atoms with Crippen molar-refractivity contribution in [1.29, 1.82) is 0 Å². The molecule has 2 heterocycles. The number of thiophene rings is 1. The fourth-order valence-corrected chi connectivity index (χ4v) is 3.26. The second kappa shape index (κ2) is 5.21. The molecule has 1 aromatic carbocycles. The number of aryl methyl sites for hydroxylation is 1. The Kier molecular flexibility index (Phi) is 3.19. The summed E-state index contributed by atoms with van der Waals surface area (Å²) in [4.78, 5) is 18.4. The van der Waals surface area contributed by atoms with Gasteiger partial charge in [0, 0.05) is 11.4 Å². The van der Waals surface area contributed by atoms with Crippen LogP contribution in [0, 0.1) is 6.92 Å². The van der Waals surface area contributed by atoms with Crippen molar-refractivity contribution in [2.75, 3.05) is 0 Å². The SMILES string of the molecule is Cc1ccc2nc(-c3cccs3)cc(C(=O)NC3CC3)c2c1. The van der Waals surface area contributed by atoms with Gasteiger partial charge < -0.3 is 5.32 Å². The molecule has 0 radical (unpaired) electrons. The van der Waals surface area contributed by atoms with Gasteiger partial charge in [-0.3, -0.25) is 4.79 Å². The first-order chi connectivity index (χ1) is 10.7. The van der Waals surface area contributed by atoms with Gasteiger partial charge in [0.05, 0.1) is 21.7 Å². The van der Waals surface area contributed by atoms with Crippen LogP contribution >= 0.6 is 11.3 Å². The number of pyridine rings is 1. The molecule has 1 saturated carbocycles. The molecule has 3 aromatic rings. The van der Waals surface area contributed by atoms with Gasteiger partial charge in [-0.15, -0.1) is 11.3 Å². The Morgan fingerprint density at radius 3 is 2.86 bits per heavy atom. The average molecular weight is 308 g/mol. The van der Waals surface area contributed by atoms with Crippen molar-refractivity contribution in [3.63, 3.8) is 0 Å². The molecular formula is C18H16N2OS. The molecule has 0 unspecified atom stereocenters. The van der Waals surface area contributed by atoms with Crippen LogP contribution in [-0.4, -0.2) is 16.9 Å². The van der Waals surface area contributed by atoms with Crippen LogP contribution in [0.25, 0.3) is 21.5 Å². The van der Waals surface area contributed by atoms with Gasteiger partial charge in [-0.2, -0.15) is 0 Å². The molecule has 110 valence electrons. The number of carbonyl (C=O) groups is 1. The Balaban J connectivity index is 1.89. The summed E-state index contributed by atoms with van der Waals surface area (Å²) in [5, 5.41) is 6.05. The van der Waals surface area contributed by atoms with E-state index < -0.39 is 0 Å². The molecule has 1 aliphatic rings. The number of hydrogen-bond donors (Lipinski definition) is 1. The van der Waals surface area contributed by atoms with Crippen LogP contribution in [0.3, 0.4) is 0 Å². The topological polar surface area (TPSA) is 42.0 Å². The zero-order valence-corrected chi connectivity index (χ0v) is 13.1. The normalized spacial score (nSPS) is 14.2. The minimum absolute atomic E-state index is 0.0123. The third-order valence-corrected chi connectivity index (χ3v) is 4.79. The standard InChI is InChI=1S/C18H16N2OS/c1-11-4-7-15-13(9-11)14(18(21)19-12-5-6-12)10-16(20-15)17-3-2-8-22-17/h2-4,7-10,12H,5-6H2,1H3,(H,19,21). The lowest BCUT2D eigenvalue weighted by Gasteiger charge is -2.10. The molecule has 4 rings (SSSR count). The van der Waals surface area contributed by atoms with Crippen LogP contribution in [0.15, 0.2) is 41.8 Å². The zero-order valence-electron chi connectivity index (χ0n) is 12.3. The minimum atomic E-state index is 0.0123. The summed E-state index contributed by atoms with van der Waals surface area (Å²) < 4.78 is 0. The Bertz CT molecular complexity index is 851. The molecule has 2 aromatic heterocycles. The number of carbonyl (C=O) groups excluding carboxylic acids is 1. The summed E-state index contributed by atoms with van der Waals surface area (Å²) >= 11 is 1.64. The predicted molar refractivity (Wildman–Crippen MR) is 90.3 cm³/mol. The lowest BCUT2D eigenvalue weighted by molar-refractivity contribution is 0.0952. The van der Waals surface area contributed by atoms with Crippen molar-refractivity contribution in [3.8, 4) is 10.6 Å². The molecule has 1 aliphatic carbocycles. The van der Waals surface area contributed by atoms with E-state index in [9.17, 15) is 4.79 Å². The largest absolute Gasteiger partial charge is 0.349 e. The highest BCUT2D eigenvalue weighted by Gasteiger charge is 2.25. The van der Waals surface area contributed by atoms with Gasteiger partial charge in [0.25, 0.3) is 5.91 Å². The van der Waals surface area contributed by atoms with Crippen molar-refractivity contribution < 1.29 is 4.79 Å². The number of amides is 1. The van der Waals surface area contributed by atoms with Crippen LogP contribution in [0.2, 0.25) is 0 Å². The lowest BCUT2D eigenvalue weighted by atomic mass is 10.0. The molecule has 0 saturated heterocycles. The number of benzene rings is 1. The Morgan fingerprint density at radius 1 is 1.27 bits per heavy atom. The Labute approximate surface area is 133 Å². The second-order valence-electron chi connectivity index (χ2n) is 5.80. The maximum absolute atomic E-state index is 12.6. The monoisotopic (exact) mass is 308 g/mol. The van der Waals surface area contributed by atoms with Gasteiger partial charge in [-0.05, 0) is 49.4 Å². The maximum atomic E-state index is 12.6. The van der Waals surface area contributed by atoms with E-state index in [0.29, 0.717) is 6.04 Å². The average Bonchev–Trinajstić information content (AvgIpc) is 3.15. The van der Waals surface area contributed by atoms with Gasteiger partial charge in [-0.25, -0.2) is 4.98 Å². The van der Waals surface area contributed by atoms with Crippen molar-refractivity contribution in [3.05, 3.63) is 52.9 Å². The van der Waals surface area contributed by atoms with E-state index in [1.807, 2.05) is 48.7 Å². The summed E-state index contributed by atoms with van der Waals surface area (Å²) in [6, 6.07) is 12.4. The number of hydrogen-bond acceptors (Lipinski definition) is 3. The molecule has 22 heavy (non-hydrogen) atoms. The first-order valence-electron chi connectivity index (χ1n) is 7.47. The fourth-order valence-electron chi connectivity index (χ4n) is 2.57. The summed E-state index contributed by atoms with van der Waals surface area (Å²) in [5.74, 6) is 0.0123. The van der Waals surface area contributed by atoms with Crippen molar-refractivity contribution >= 4 is 28.1 Å². The molecular weight excluding hydrogens is 292 g/mol. The van der Waals surface area contributed by atoms with Crippen LogP contribution in [0.1, 0.15) is 28.8 Å². The molecule has 4 heteroatoms. The Hall–Kier alpha value is -2.20. The van der Waals surface area contributed by atoms with Gasteiger partial charge >= 0.3 is 0 Å². The van der Waals surface area contributed by atoms with Crippen LogP contribution in [0.4, 0.5) is 0 Å². The van der Waals surface area contributed by atoms with E-state index in [0.717, 1.165) is 45.4 Å². The third-order valence-electron chi connectivity index (χ3n) is 3.90. The molecule has 1 fully saturated rings. The first kappa shape index (κ1) is 13.5. The highest BCUT2D eigenvalue weighted by molar-refractivity contribution is 7.13. The highest BCUT2D eigenvalue weighted by Crippen LogP contribution is 2.29. The molecule has 1 amide bonds. The van der Waals surface area contributed by atoms with E-state index >= 15 is 0 Å². The summed E-state index contributed by atoms with van der Waals surface area (Å²) in [6.07, 6.45) is 2.18. The van der Waals surface area contributed by atoms with Crippen LogP contribution in [-0.2, 0) is 0 Å². The molecule has 0 bridgehead atoms. The molecule has 0 atom stereocenters. The number of fused-ring (bicyclic) bond motifs is 1. The van der Waals surface area contributed by atoms with E-state index in [4.69, 9.17) is 4.98 Å². The van der Waals surface area contributed by atoms with Crippen molar-refractivity contribution in [1.82, 2.24) is 10.3 Å². The van der Waals surface area contributed by atoms with Gasteiger partial charge in [-0.1, -0.05) is 17.7 Å². The first-order valence-corrected chi connectivity index (χ1v) is 8.35. The van der Waals surface area contributed by atoms with E-state index in [1.165, 1.54) is 0 Å². The molecule has 0 aliphatic heterocycles. The third kappa shape index (κ3) is 2.50. The van der Waals surface area contributed by atoms with E-state index in [1.54, 1.807) is 11.3 Å². The molecule has 0 spiro atoms. The second-order valence-corrected chi connectivity index (χ2v) is 6.75. The maximum Gasteiger partial charge on any atom is 0.252 e. The van der Waals surface area contributed by atoms with Gasteiger partial charge in [0.2, 0.25) is 0 Å². The number of nitrogens with zero attached hydrogens (tertiary/aromatic N) is 1. The molecule has 1 N–H and O–H groups in total. The van der Waals surface area contributed by atoms with Gasteiger partial charge in [0.1, 0.15) is 0 Å². The van der Waals surface area contributed by atoms with Crippen molar-refractivity contribution in [2.24, 2.45) is 0 Å². The predicted octanol–water partition coefficient (Wildman–Crippen LogP) is 4.16. The smallest absolute Gasteiger partial charge is 0.252 e. The fraction of sp³-hybridized carbons (Fsp3) is 0.222. The summed E-state index contributed by atoms with van der Waals surface area (Å²) in [7, 11) is 0. The van der Waals surface area contributed by atoms with Crippen molar-refractivity contribution in [2.45, 2.75) is 25.8 Å². The minimum Gasteiger partial charge on any atom is -0.349 e. The lowest BCUT2D eigenvalue weighted by Crippen LogP contribution is -2.25. The van der Waals surface area contributed by atoms with Gasteiger partial charge in [0.15, 0.2) is 0 Å². The van der Waals surface area contributed by atoms with Crippen LogP contribution < -0.4 is 5.32 Å². The van der Waals surface area contributed by atoms with Crippen LogP contribution in [0.5, 0.6) is 0 Å². The Morgan fingerprint density at radius 2 is 2.14 bits per heavy atom. The number of aromatic nitrogens is 1. The van der Waals surface area contributed by atoms with E-state index in [-0.39, 0.29) is 5.91 Å².